The number of carbonyl (C=O) groups excluding carboxylic acids is 8. The van der Waals surface area contributed by atoms with Crippen LogP contribution >= 0.6 is 0 Å². The van der Waals surface area contributed by atoms with Crippen molar-refractivity contribution in [1.82, 2.24) is 21.3 Å². The third kappa shape index (κ3) is 21.0. The molecule has 11 rings (SSSR count). The van der Waals surface area contributed by atoms with Gasteiger partial charge in [0.25, 0.3) is 0 Å². The van der Waals surface area contributed by atoms with E-state index in [4.69, 9.17) is 22.1 Å². The lowest BCUT2D eigenvalue weighted by atomic mass is 10.0. The van der Waals surface area contributed by atoms with Crippen LogP contribution < -0.4 is 40.9 Å². The predicted molar refractivity (Wildman–Crippen MR) is 343 cm³/mol. The van der Waals surface area contributed by atoms with E-state index in [1.54, 1.807) is 19.6 Å². The standard InChI is InChI=1S/C62H80N20O8/c1-59(2,71-75-63)55(87)67-33-29-51(83)79-37-9-10-38-80(52(84)30-34-68-56(88)60(3,4)72-76-64)48-23-17-45(18-24-48)42-46-19-27-50(28-20-46)82(54(86)32-36-70-58(90)62(7,8)74-78-66)40-12-11-39-81(53(85)31-35-69-57(89)61(5,6)73-77-65)49-25-15-44(16-26-49)41-43-13-21-47(79)22-14-43/h13-28H,9-12,29-42H2,1-8H3,(H,67,87)(H,68,88)(H,69,89)(H,70,90). The first-order valence-electron chi connectivity index (χ1n) is 29.7. The first-order chi connectivity index (χ1) is 42.7. The highest BCUT2D eigenvalue weighted by Gasteiger charge is 2.30. The average molecular weight is 1230 g/mol. The second kappa shape index (κ2) is 33.3. The predicted octanol–water partition coefficient (Wildman–Crippen LogP) is 9.86. The van der Waals surface area contributed by atoms with Gasteiger partial charge in [-0.1, -0.05) is 69.0 Å². The van der Waals surface area contributed by atoms with Crippen LogP contribution in [0.15, 0.2) is 118 Å². The molecular formula is C62H80N20O8. The summed E-state index contributed by atoms with van der Waals surface area (Å²) in [5, 5.41) is 25.1. The molecule has 4 aromatic carbocycles. The molecule has 90 heavy (non-hydrogen) atoms. The average Bonchev–Trinajstić information content (AvgIpc) is 3.09. The molecule has 8 bridgehead atoms. The summed E-state index contributed by atoms with van der Waals surface area (Å²) in [7, 11) is 0. The maximum absolute atomic E-state index is 14.2. The van der Waals surface area contributed by atoms with Crippen LogP contribution in [0.4, 0.5) is 22.7 Å². The van der Waals surface area contributed by atoms with Crippen molar-refractivity contribution >= 4 is 70.0 Å². The Bertz CT molecular complexity index is 2950. The van der Waals surface area contributed by atoms with E-state index in [9.17, 15) is 38.4 Å². The molecule has 476 valence electrons. The number of nitrogens with zero attached hydrogens (tertiary/aromatic N) is 16. The zero-order valence-electron chi connectivity index (χ0n) is 52.4. The van der Waals surface area contributed by atoms with E-state index in [0.717, 1.165) is 22.3 Å². The largest absolute Gasteiger partial charge is 0.355 e. The Hall–Kier alpha value is -10.1. The summed E-state index contributed by atoms with van der Waals surface area (Å²) in [6, 6.07) is 29.9. The van der Waals surface area contributed by atoms with Gasteiger partial charge >= 0.3 is 0 Å². The van der Waals surface area contributed by atoms with Gasteiger partial charge in [0.2, 0.25) is 47.3 Å². The quantitative estimate of drug-likeness (QED) is 0.0374. The highest BCUT2D eigenvalue weighted by Crippen LogP contribution is 2.26. The van der Waals surface area contributed by atoms with Gasteiger partial charge in [-0.2, -0.15) is 0 Å². The number of amides is 8. The lowest BCUT2D eigenvalue weighted by Gasteiger charge is -2.27. The molecule has 28 heteroatoms. The fourth-order valence-electron chi connectivity index (χ4n) is 9.48. The second-order valence-corrected chi connectivity index (χ2v) is 23.6. The molecule has 0 fully saturated rings. The van der Waals surface area contributed by atoms with Crippen LogP contribution in [0.2, 0.25) is 0 Å². The van der Waals surface area contributed by atoms with Crippen molar-refractivity contribution in [3.05, 3.63) is 161 Å². The molecule has 0 saturated carbocycles. The highest BCUT2D eigenvalue weighted by atomic mass is 16.2. The fourth-order valence-corrected chi connectivity index (χ4v) is 9.48. The van der Waals surface area contributed by atoms with E-state index in [1.807, 2.05) is 97.1 Å². The van der Waals surface area contributed by atoms with Gasteiger partial charge in [0.15, 0.2) is 0 Å². The van der Waals surface area contributed by atoms with E-state index in [1.165, 1.54) is 55.4 Å². The van der Waals surface area contributed by atoms with Crippen molar-refractivity contribution in [2.75, 3.05) is 72.0 Å². The Morgan fingerprint density at radius 1 is 0.344 bits per heavy atom. The summed E-state index contributed by atoms with van der Waals surface area (Å²) in [5.41, 5.74) is 36.4. The Labute approximate surface area is 523 Å². The zero-order chi connectivity index (χ0) is 66.1. The molecule has 28 nitrogen and oxygen atoms in total. The van der Waals surface area contributed by atoms with Gasteiger partial charge < -0.3 is 40.9 Å². The zero-order valence-corrected chi connectivity index (χ0v) is 52.4. The second-order valence-electron chi connectivity index (χ2n) is 23.6. The lowest BCUT2D eigenvalue weighted by Crippen LogP contribution is -2.43. The van der Waals surface area contributed by atoms with E-state index >= 15 is 0 Å². The molecule has 7 heterocycles. The number of anilines is 4. The Kier molecular flexibility index (Phi) is 26.1. The van der Waals surface area contributed by atoms with Crippen LogP contribution in [0.25, 0.3) is 41.8 Å². The van der Waals surface area contributed by atoms with E-state index in [0.29, 0.717) is 61.3 Å². The summed E-state index contributed by atoms with van der Waals surface area (Å²) in [5.74, 6) is -3.35. The smallest absolute Gasteiger partial charge is 0.231 e. The molecular weight excluding hydrogens is 1150 g/mol. The number of carbonyl (C=O) groups is 8. The first-order valence-corrected chi connectivity index (χ1v) is 29.7. The maximum Gasteiger partial charge on any atom is 0.231 e. The minimum absolute atomic E-state index is 0.0328. The summed E-state index contributed by atoms with van der Waals surface area (Å²) >= 11 is 0. The van der Waals surface area contributed by atoms with Crippen molar-refractivity contribution in [3.63, 3.8) is 0 Å². The minimum atomic E-state index is -1.39. The fraction of sp³-hybridized carbons (Fsp3) is 0.484. The molecule has 0 unspecified atom stereocenters. The van der Waals surface area contributed by atoms with Crippen molar-refractivity contribution in [2.45, 2.75) is 142 Å². The third-order valence-electron chi connectivity index (χ3n) is 14.9. The van der Waals surface area contributed by atoms with Crippen LogP contribution in [0, 0.1) is 0 Å². The van der Waals surface area contributed by atoms with E-state index in [-0.39, 0.29) is 102 Å². The van der Waals surface area contributed by atoms with Gasteiger partial charge in [0, 0.05) is 120 Å². The molecule has 7 aliphatic heterocycles. The van der Waals surface area contributed by atoms with Crippen LogP contribution in [-0.2, 0) is 51.2 Å². The Morgan fingerprint density at radius 3 is 0.689 bits per heavy atom. The monoisotopic (exact) mass is 1230 g/mol. The highest BCUT2D eigenvalue weighted by molar-refractivity contribution is 5.97. The first kappa shape index (κ1) is 70.6. The number of nitrogens with one attached hydrogen (secondary N) is 4. The van der Waals surface area contributed by atoms with Crippen molar-refractivity contribution in [1.29, 1.82) is 0 Å². The minimum Gasteiger partial charge on any atom is -0.355 e. The van der Waals surface area contributed by atoms with Gasteiger partial charge in [-0.15, -0.1) is 0 Å². The molecule has 4 aromatic rings. The normalized spacial score (nSPS) is 13.5. The van der Waals surface area contributed by atoms with Gasteiger partial charge in [-0.3, -0.25) is 38.4 Å². The summed E-state index contributed by atoms with van der Waals surface area (Å²) in [6.07, 6.45) is 2.37. The number of rotatable bonds is 20. The Balaban J connectivity index is 1.50. The number of hydrogen-bond acceptors (Lipinski definition) is 12. The molecule has 7 aliphatic rings. The topological polar surface area (TPSA) is 393 Å². The summed E-state index contributed by atoms with van der Waals surface area (Å²) < 4.78 is 0. The van der Waals surface area contributed by atoms with Crippen molar-refractivity contribution in [2.24, 2.45) is 20.5 Å². The number of hydrogen-bond donors (Lipinski definition) is 4. The third-order valence-corrected chi connectivity index (χ3v) is 14.9. The number of azide groups is 4. The van der Waals surface area contributed by atoms with Crippen LogP contribution in [0.1, 0.15) is 129 Å². The van der Waals surface area contributed by atoms with Gasteiger partial charge in [-0.05, 0) is 187 Å². The van der Waals surface area contributed by atoms with E-state index in [2.05, 4.69) is 61.4 Å². The summed E-state index contributed by atoms with van der Waals surface area (Å²) in [4.78, 5) is 126. The molecule has 4 N–H and O–H groups in total. The van der Waals surface area contributed by atoms with Crippen molar-refractivity contribution in [3.8, 4) is 0 Å². The van der Waals surface area contributed by atoms with Gasteiger partial charge in [-0.25, -0.2) is 0 Å². The Morgan fingerprint density at radius 2 is 0.522 bits per heavy atom. The maximum atomic E-state index is 14.2. The van der Waals surface area contributed by atoms with Crippen molar-refractivity contribution < 1.29 is 38.4 Å². The van der Waals surface area contributed by atoms with Crippen LogP contribution in [-0.4, -0.2) is 122 Å². The van der Waals surface area contributed by atoms with Crippen LogP contribution in [0.5, 0.6) is 0 Å². The molecule has 0 aliphatic carbocycles. The van der Waals surface area contributed by atoms with E-state index < -0.39 is 45.8 Å². The molecule has 0 saturated heterocycles. The van der Waals surface area contributed by atoms with Crippen LogP contribution in [0.3, 0.4) is 0 Å². The summed E-state index contributed by atoms with van der Waals surface area (Å²) in [6.45, 7) is 12.5. The van der Waals surface area contributed by atoms with Gasteiger partial charge in [0.1, 0.15) is 22.2 Å². The molecule has 0 spiro atoms. The lowest BCUT2D eigenvalue weighted by molar-refractivity contribution is -0.126. The molecule has 0 aromatic heterocycles. The molecule has 0 radical (unpaired) electrons. The van der Waals surface area contributed by atoms with Gasteiger partial charge in [0.05, 0.1) is 0 Å². The number of benzene rings is 4. The SMILES string of the molecule is CC(C)(N=[N+]=[N-])C(=O)NCCC(=O)N1CCCCN(C(=O)CCNC(=O)C(C)(C)N=[N+]=[N-])c2ccc(cc2)Cc2ccc(cc2)N(C(=O)CCNC(=O)C(C)(C)N=[N+]=[N-])CCCCN(C(=O)CCNC(=O)C(C)(C)N=[N+]=[N-])c2ccc(cc2)Cc2ccc1cc2. The molecule has 0 atom stereocenters. The molecule has 8 amide bonds.